The van der Waals surface area contributed by atoms with Gasteiger partial charge in [-0.15, -0.1) is 11.3 Å². The predicted octanol–water partition coefficient (Wildman–Crippen LogP) is 2.09. The summed E-state index contributed by atoms with van der Waals surface area (Å²) in [6.45, 7) is 6.69. The molecule has 0 aliphatic carbocycles. The molecule has 1 aliphatic rings. The van der Waals surface area contributed by atoms with Gasteiger partial charge >= 0.3 is 0 Å². The second kappa shape index (κ2) is 7.20. The van der Waals surface area contributed by atoms with Gasteiger partial charge in [-0.25, -0.2) is 14.5 Å². The number of hydrogen-bond donors (Lipinski definition) is 0. The molecule has 4 heterocycles. The smallest absolute Gasteiger partial charge is 0.252 e. The summed E-state index contributed by atoms with van der Waals surface area (Å²) in [6, 6.07) is 2.11. The summed E-state index contributed by atoms with van der Waals surface area (Å²) in [5, 5.41) is 5.23. The molecule has 4 rings (SSSR count). The Bertz CT molecular complexity index is 933. The number of carbonyl (C=O) groups excluding carboxylic acids is 1. The molecule has 26 heavy (non-hydrogen) atoms. The Labute approximate surface area is 156 Å². The highest BCUT2D eigenvalue weighted by molar-refractivity contribution is 7.11. The Morgan fingerprint density at radius 1 is 1.38 bits per heavy atom. The minimum atomic E-state index is 0.166. The maximum Gasteiger partial charge on any atom is 0.252 e. The fraction of sp³-hybridized carbons (Fsp3) is 0.500. The van der Waals surface area contributed by atoms with Crippen molar-refractivity contribution in [3.63, 3.8) is 0 Å². The van der Waals surface area contributed by atoms with Crippen LogP contribution in [-0.2, 0) is 24.2 Å². The Hall–Kier alpha value is -2.19. The van der Waals surface area contributed by atoms with Crippen molar-refractivity contribution < 1.29 is 4.79 Å². The summed E-state index contributed by atoms with van der Waals surface area (Å²) in [7, 11) is 0. The molecule has 1 unspecified atom stereocenters. The molecule has 3 aromatic heterocycles. The molecule has 0 saturated carbocycles. The number of hydrogen-bond acceptors (Lipinski definition) is 7. The Balaban J connectivity index is 1.38. The molecule has 7 nitrogen and oxygen atoms in total. The molecule has 1 saturated heterocycles. The van der Waals surface area contributed by atoms with E-state index in [2.05, 4.69) is 31.0 Å². The van der Waals surface area contributed by atoms with Crippen molar-refractivity contribution in [2.24, 2.45) is 5.92 Å². The predicted molar refractivity (Wildman–Crippen MR) is 99.1 cm³/mol. The van der Waals surface area contributed by atoms with E-state index in [0.717, 1.165) is 36.8 Å². The van der Waals surface area contributed by atoms with Crippen LogP contribution in [-0.4, -0.2) is 48.3 Å². The molecule has 0 N–H and O–H groups in total. The Morgan fingerprint density at radius 2 is 2.27 bits per heavy atom. The number of aromatic nitrogens is 5. The number of carbonyl (C=O) groups is 1. The van der Waals surface area contributed by atoms with Crippen molar-refractivity contribution in [2.75, 3.05) is 13.1 Å². The zero-order chi connectivity index (χ0) is 18.1. The van der Waals surface area contributed by atoms with Crippen LogP contribution in [0.1, 0.15) is 34.6 Å². The third kappa shape index (κ3) is 3.81. The van der Waals surface area contributed by atoms with Gasteiger partial charge in [0.2, 0.25) is 0 Å². The number of thiazole rings is 1. The summed E-state index contributed by atoms with van der Waals surface area (Å²) in [6.07, 6.45) is 6.09. The molecular formula is C18H22N6OS. The zero-order valence-corrected chi connectivity index (χ0v) is 15.9. The van der Waals surface area contributed by atoms with E-state index in [9.17, 15) is 4.79 Å². The normalized spacial score (nSPS) is 18.0. The van der Waals surface area contributed by atoms with E-state index in [0.29, 0.717) is 18.1 Å². The number of Topliss-reactive ketones (excluding diaryl/α,β-unsaturated/α-hetero) is 1. The first-order valence-corrected chi connectivity index (χ1v) is 9.70. The van der Waals surface area contributed by atoms with Gasteiger partial charge in [0.15, 0.2) is 0 Å². The van der Waals surface area contributed by atoms with Crippen molar-refractivity contribution in [3.05, 3.63) is 39.9 Å². The first-order chi connectivity index (χ1) is 12.6. The summed E-state index contributed by atoms with van der Waals surface area (Å²) in [5.41, 5.74) is 2.16. The number of aryl methyl sites for hydroxylation is 1. The number of nitrogens with zero attached hydrogens (tertiary/aromatic N) is 6. The van der Waals surface area contributed by atoms with Crippen LogP contribution in [0, 0.1) is 12.8 Å². The van der Waals surface area contributed by atoms with Crippen molar-refractivity contribution in [3.8, 4) is 0 Å². The number of likely N-dealkylation sites (tertiary alicyclic amines) is 1. The van der Waals surface area contributed by atoms with E-state index in [1.54, 1.807) is 24.6 Å². The van der Waals surface area contributed by atoms with Crippen LogP contribution in [0.15, 0.2) is 18.6 Å². The second-order valence-electron chi connectivity index (χ2n) is 7.05. The van der Waals surface area contributed by atoms with Crippen LogP contribution in [0.4, 0.5) is 0 Å². The SMILES string of the molecule is CC(=O)Cc1ncc(CN2CCC(Cc3cc(C)nc4ncnn34)C2)s1. The van der Waals surface area contributed by atoms with Crippen LogP contribution in [0.2, 0.25) is 0 Å². The van der Waals surface area contributed by atoms with Crippen LogP contribution < -0.4 is 0 Å². The van der Waals surface area contributed by atoms with Gasteiger partial charge < -0.3 is 0 Å². The first kappa shape index (κ1) is 17.2. The van der Waals surface area contributed by atoms with E-state index in [1.165, 1.54) is 17.0 Å². The fourth-order valence-corrected chi connectivity index (χ4v) is 4.64. The van der Waals surface area contributed by atoms with Crippen LogP contribution >= 0.6 is 11.3 Å². The molecule has 3 aromatic rings. The Morgan fingerprint density at radius 3 is 3.12 bits per heavy atom. The quantitative estimate of drug-likeness (QED) is 0.661. The maximum absolute atomic E-state index is 11.2. The van der Waals surface area contributed by atoms with E-state index < -0.39 is 0 Å². The van der Waals surface area contributed by atoms with Gasteiger partial charge in [0.05, 0.1) is 6.42 Å². The van der Waals surface area contributed by atoms with Crippen LogP contribution in [0.5, 0.6) is 0 Å². The molecule has 8 heteroatoms. The second-order valence-corrected chi connectivity index (χ2v) is 8.25. The summed E-state index contributed by atoms with van der Waals surface area (Å²) in [5.74, 6) is 1.45. The topological polar surface area (TPSA) is 76.3 Å². The van der Waals surface area contributed by atoms with Gasteiger partial charge in [-0.1, -0.05) is 0 Å². The molecule has 0 spiro atoms. The molecule has 1 atom stereocenters. The van der Waals surface area contributed by atoms with Gasteiger partial charge in [0, 0.05) is 35.6 Å². The standard InChI is InChI=1S/C18H22N6OS/c1-12-5-15(24-18(22-12)20-11-21-24)7-14-3-4-23(9-14)10-16-8-19-17(26-16)6-13(2)25/h5,8,11,14H,3-4,6-7,9-10H2,1-2H3. The third-order valence-electron chi connectivity index (χ3n) is 4.70. The van der Waals surface area contributed by atoms with Crippen LogP contribution in [0.3, 0.4) is 0 Å². The van der Waals surface area contributed by atoms with Crippen molar-refractivity contribution >= 4 is 22.9 Å². The number of fused-ring (bicyclic) bond motifs is 1. The van der Waals surface area contributed by atoms with E-state index >= 15 is 0 Å². The molecule has 1 fully saturated rings. The molecule has 136 valence electrons. The minimum Gasteiger partial charge on any atom is -0.300 e. The highest BCUT2D eigenvalue weighted by Crippen LogP contribution is 2.24. The van der Waals surface area contributed by atoms with Gasteiger partial charge in [-0.3, -0.25) is 9.69 Å². The van der Waals surface area contributed by atoms with Gasteiger partial charge in [-0.05, 0) is 45.2 Å². The van der Waals surface area contributed by atoms with Crippen molar-refractivity contribution in [2.45, 2.75) is 39.7 Å². The molecular weight excluding hydrogens is 348 g/mol. The lowest BCUT2D eigenvalue weighted by Crippen LogP contribution is -2.20. The minimum absolute atomic E-state index is 0.166. The van der Waals surface area contributed by atoms with Gasteiger partial charge in [0.25, 0.3) is 5.78 Å². The number of rotatable bonds is 6. The molecule has 1 aliphatic heterocycles. The molecule has 0 aromatic carbocycles. The van der Waals surface area contributed by atoms with E-state index in [4.69, 9.17) is 0 Å². The average Bonchev–Trinajstić information content (AvgIpc) is 3.29. The summed E-state index contributed by atoms with van der Waals surface area (Å²) >= 11 is 1.65. The molecule has 0 amide bonds. The van der Waals surface area contributed by atoms with Crippen molar-refractivity contribution in [1.82, 2.24) is 29.5 Å². The Kier molecular flexibility index (Phi) is 4.78. The van der Waals surface area contributed by atoms with E-state index in [-0.39, 0.29) is 5.78 Å². The van der Waals surface area contributed by atoms with Crippen LogP contribution in [0.25, 0.3) is 5.78 Å². The maximum atomic E-state index is 11.2. The number of ketones is 1. The lowest BCUT2D eigenvalue weighted by Gasteiger charge is -2.15. The largest absolute Gasteiger partial charge is 0.300 e. The summed E-state index contributed by atoms with van der Waals surface area (Å²) < 4.78 is 1.85. The molecule has 0 radical (unpaired) electrons. The average molecular weight is 370 g/mol. The van der Waals surface area contributed by atoms with Gasteiger partial charge in [-0.2, -0.15) is 10.1 Å². The lowest BCUT2D eigenvalue weighted by molar-refractivity contribution is -0.116. The van der Waals surface area contributed by atoms with E-state index in [1.807, 2.05) is 17.6 Å². The van der Waals surface area contributed by atoms with Crippen molar-refractivity contribution in [1.29, 1.82) is 0 Å². The first-order valence-electron chi connectivity index (χ1n) is 8.88. The monoisotopic (exact) mass is 370 g/mol. The summed E-state index contributed by atoms with van der Waals surface area (Å²) in [4.78, 5) is 27.9. The van der Waals surface area contributed by atoms with Gasteiger partial charge in [0.1, 0.15) is 17.1 Å². The fourth-order valence-electron chi connectivity index (χ4n) is 3.61. The molecule has 0 bridgehead atoms. The zero-order valence-electron chi connectivity index (χ0n) is 15.1. The highest BCUT2D eigenvalue weighted by Gasteiger charge is 2.24. The highest BCUT2D eigenvalue weighted by atomic mass is 32.1. The third-order valence-corrected chi connectivity index (χ3v) is 5.68. The lowest BCUT2D eigenvalue weighted by atomic mass is 10.0.